The molecule has 0 rings (SSSR count). The smallest absolute Gasteiger partial charge is 0.387 e. The topological polar surface area (TPSA) is 105 Å². The van der Waals surface area contributed by atoms with Crippen molar-refractivity contribution in [1.29, 1.82) is 0 Å². The number of quaternary nitrogens is 1. The summed E-state index contributed by atoms with van der Waals surface area (Å²) in [4.78, 5) is 23.2. The SMILES string of the molecule is CCCCCCC/C=C/CC/C=C/C(O)C(COP(=O)(O)OCC[N+](C)(C)C)NC(=O)CCCCCCCCCCCCCCCCCCCCCCCCC/C=C\CCCCCCCCCC. The molecular formula is C59H116N2O6P+. The lowest BCUT2D eigenvalue weighted by Crippen LogP contribution is -2.45. The number of nitrogens with one attached hydrogen (secondary N) is 1. The summed E-state index contributed by atoms with van der Waals surface area (Å²) in [6.45, 7) is 4.79. The van der Waals surface area contributed by atoms with Crippen LogP contribution in [0.3, 0.4) is 0 Å². The molecule has 0 saturated carbocycles. The average Bonchev–Trinajstić information content (AvgIpc) is 3.30. The van der Waals surface area contributed by atoms with Gasteiger partial charge in [0.2, 0.25) is 5.91 Å². The summed E-state index contributed by atoms with van der Waals surface area (Å²) in [5.41, 5.74) is 0. The molecule has 0 aromatic heterocycles. The minimum atomic E-state index is -4.35. The molecule has 0 aliphatic carbocycles. The van der Waals surface area contributed by atoms with Gasteiger partial charge in [-0.15, -0.1) is 0 Å². The predicted molar refractivity (Wildman–Crippen MR) is 295 cm³/mol. The highest BCUT2D eigenvalue weighted by Crippen LogP contribution is 2.43. The van der Waals surface area contributed by atoms with E-state index < -0.39 is 20.0 Å². The van der Waals surface area contributed by atoms with Crippen molar-refractivity contribution in [2.45, 2.75) is 296 Å². The van der Waals surface area contributed by atoms with Gasteiger partial charge in [-0.05, 0) is 57.8 Å². The van der Waals surface area contributed by atoms with E-state index >= 15 is 0 Å². The van der Waals surface area contributed by atoms with Crippen molar-refractivity contribution in [3.8, 4) is 0 Å². The number of hydrogen-bond acceptors (Lipinski definition) is 5. The second-order valence-electron chi connectivity index (χ2n) is 21.4. The van der Waals surface area contributed by atoms with Crippen LogP contribution in [0, 0.1) is 0 Å². The molecule has 0 fully saturated rings. The second-order valence-corrected chi connectivity index (χ2v) is 22.8. The predicted octanol–water partition coefficient (Wildman–Crippen LogP) is 17.8. The number of rotatable bonds is 54. The second kappa shape index (κ2) is 50.7. The Morgan fingerprint density at radius 3 is 1.18 bits per heavy atom. The van der Waals surface area contributed by atoms with Crippen molar-refractivity contribution in [1.82, 2.24) is 5.32 Å². The first-order valence-corrected chi connectivity index (χ1v) is 30.9. The Morgan fingerprint density at radius 2 is 0.809 bits per heavy atom. The zero-order valence-electron chi connectivity index (χ0n) is 45.9. The Labute approximate surface area is 423 Å². The molecule has 3 unspecified atom stereocenters. The molecule has 9 heteroatoms. The van der Waals surface area contributed by atoms with Crippen LogP contribution in [0.5, 0.6) is 0 Å². The van der Waals surface area contributed by atoms with Gasteiger partial charge < -0.3 is 19.8 Å². The summed E-state index contributed by atoms with van der Waals surface area (Å²) in [6.07, 6.45) is 65.7. The van der Waals surface area contributed by atoms with Crippen molar-refractivity contribution >= 4 is 13.7 Å². The largest absolute Gasteiger partial charge is 0.472 e. The number of allylic oxidation sites excluding steroid dienone is 5. The van der Waals surface area contributed by atoms with E-state index in [-0.39, 0.29) is 19.1 Å². The number of amides is 1. The number of aliphatic hydroxyl groups excluding tert-OH is 1. The number of nitrogens with zero attached hydrogens (tertiary/aromatic N) is 1. The summed E-state index contributed by atoms with van der Waals surface area (Å²) < 4.78 is 23.6. The van der Waals surface area contributed by atoms with Crippen molar-refractivity contribution in [2.75, 3.05) is 40.9 Å². The highest BCUT2D eigenvalue weighted by Gasteiger charge is 2.27. The minimum absolute atomic E-state index is 0.0575. The fourth-order valence-electron chi connectivity index (χ4n) is 8.70. The highest BCUT2D eigenvalue weighted by molar-refractivity contribution is 7.47. The van der Waals surface area contributed by atoms with Crippen LogP contribution < -0.4 is 5.32 Å². The van der Waals surface area contributed by atoms with Crippen LogP contribution in [-0.4, -0.2) is 73.4 Å². The van der Waals surface area contributed by atoms with Crippen LogP contribution in [0.1, 0.15) is 284 Å². The number of aliphatic hydroxyl groups is 1. The van der Waals surface area contributed by atoms with Gasteiger partial charge in [0.25, 0.3) is 0 Å². The van der Waals surface area contributed by atoms with Gasteiger partial charge in [0, 0.05) is 6.42 Å². The van der Waals surface area contributed by atoms with Gasteiger partial charge >= 0.3 is 7.82 Å². The van der Waals surface area contributed by atoms with E-state index in [1.54, 1.807) is 6.08 Å². The molecule has 0 aromatic rings. The maximum Gasteiger partial charge on any atom is 0.472 e. The molecule has 1 amide bonds. The Kier molecular flexibility index (Phi) is 49.7. The first-order chi connectivity index (χ1) is 33.0. The third-order valence-electron chi connectivity index (χ3n) is 13.3. The van der Waals surface area contributed by atoms with Crippen LogP contribution in [-0.2, 0) is 18.4 Å². The van der Waals surface area contributed by atoms with Gasteiger partial charge in [-0.25, -0.2) is 4.57 Å². The van der Waals surface area contributed by atoms with Crippen molar-refractivity contribution in [3.05, 3.63) is 36.5 Å². The van der Waals surface area contributed by atoms with E-state index in [1.165, 1.54) is 225 Å². The third kappa shape index (κ3) is 52.5. The van der Waals surface area contributed by atoms with Gasteiger partial charge in [-0.3, -0.25) is 13.8 Å². The van der Waals surface area contributed by atoms with Crippen LogP contribution in [0.4, 0.5) is 0 Å². The maximum absolute atomic E-state index is 12.9. The molecule has 3 N–H and O–H groups in total. The third-order valence-corrected chi connectivity index (χ3v) is 14.3. The van der Waals surface area contributed by atoms with E-state index in [0.29, 0.717) is 17.4 Å². The molecule has 3 atom stereocenters. The minimum Gasteiger partial charge on any atom is -0.387 e. The highest BCUT2D eigenvalue weighted by atomic mass is 31.2. The summed E-state index contributed by atoms with van der Waals surface area (Å²) in [6, 6.07) is -0.860. The number of phosphoric acid groups is 1. The van der Waals surface area contributed by atoms with Gasteiger partial charge in [-0.2, -0.15) is 0 Å². The molecule has 0 spiro atoms. The van der Waals surface area contributed by atoms with Gasteiger partial charge in [-0.1, -0.05) is 256 Å². The maximum atomic E-state index is 12.9. The lowest BCUT2D eigenvalue weighted by atomic mass is 10.0. The van der Waals surface area contributed by atoms with E-state index in [9.17, 15) is 19.4 Å². The quantitative estimate of drug-likeness (QED) is 0.0243. The first-order valence-electron chi connectivity index (χ1n) is 29.4. The Bertz CT molecular complexity index is 1200. The van der Waals surface area contributed by atoms with Gasteiger partial charge in [0.15, 0.2) is 0 Å². The molecule has 0 heterocycles. The number of likely N-dealkylation sites (N-methyl/N-ethyl adjacent to an activating group) is 1. The van der Waals surface area contributed by atoms with Gasteiger partial charge in [0.1, 0.15) is 13.2 Å². The molecule has 402 valence electrons. The number of unbranched alkanes of at least 4 members (excludes halogenated alkanes) is 37. The molecule has 0 radical (unpaired) electrons. The molecule has 0 bridgehead atoms. The molecule has 0 aliphatic heterocycles. The number of carbonyl (C=O) groups is 1. The number of phosphoric ester groups is 1. The monoisotopic (exact) mass is 980 g/mol. The van der Waals surface area contributed by atoms with Crippen molar-refractivity contribution < 1.29 is 32.9 Å². The fourth-order valence-corrected chi connectivity index (χ4v) is 9.44. The fraction of sp³-hybridized carbons (Fsp3) is 0.881. The molecule has 68 heavy (non-hydrogen) atoms. The summed E-state index contributed by atoms with van der Waals surface area (Å²) >= 11 is 0. The van der Waals surface area contributed by atoms with E-state index in [4.69, 9.17) is 9.05 Å². The number of carbonyl (C=O) groups excluding carboxylic acids is 1. The lowest BCUT2D eigenvalue weighted by Gasteiger charge is -2.25. The molecule has 0 aliphatic rings. The molecule has 8 nitrogen and oxygen atoms in total. The van der Waals surface area contributed by atoms with Crippen LogP contribution in [0.15, 0.2) is 36.5 Å². The number of hydrogen-bond donors (Lipinski definition) is 3. The van der Waals surface area contributed by atoms with Crippen LogP contribution in [0.25, 0.3) is 0 Å². The van der Waals surface area contributed by atoms with Crippen LogP contribution >= 0.6 is 7.82 Å². The Balaban J connectivity index is 3.91. The molecule has 0 aromatic carbocycles. The van der Waals surface area contributed by atoms with Crippen LogP contribution in [0.2, 0.25) is 0 Å². The average molecular weight is 981 g/mol. The first kappa shape index (κ1) is 66.7. The lowest BCUT2D eigenvalue weighted by molar-refractivity contribution is -0.870. The normalized spacial score (nSPS) is 14.2. The summed E-state index contributed by atoms with van der Waals surface area (Å²) in [7, 11) is 1.56. The molecule has 0 saturated heterocycles. The Hall–Kier alpha value is -1.28. The van der Waals surface area contributed by atoms with E-state index in [1.807, 2.05) is 27.2 Å². The zero-order valence-corrected chi connectivity index (χ0v) is 46.8. The van der Waals surface area contributed by atoms with Crippen molar-refractivity contribution in [3.63, 3.8) is 0 Å². The molecular weight excluding hydrogens is 864 g/mol. The van der Waals surface area contributed by atoms with E-state index in [2.05, 4.69) is 43.5 Å². The summed E-state index contributed by atoms with van der Waals surface area (Å²) in [5.74, 6) is -0.184. The van der Waals surface area contributed by atoms with Gasteiger partial charge in [0.05, 0.1) is 39.9 Å². The summed E-state index contributed by atoms with van der Waals surface area (Å²) in [5, 5.41) is 13.8. The Morgan fingerprint density at radius 1 is 0.485 bits per heavy atom. The zero-order chi connectivity index (χ0) is 49.9. The van der Waals surface area contributed by atoms with Crippen molar-refractivity contribution in [2.24, 2.45) is 0 Å². The standard InChI is InChI=1S/C59H115N2O6P/c1-6-8-10-12-14-16-18-19-20-21-22-23-24-25-26-27-28-29-30-31-32-33-34-35-36-37-38-39-40-41-43-45-47-49-51-53-59(63)60-57(56-67-68(64,65)66-55-54-61(3,4)5)58(62)52-50-48-46-44-42-17-15-13-11-9-7-2/h21-22,42,44,50,52,57-58,62H,6-20,23-41,43,45-49,51,53-56H2,1-5H3,(H-,60,63,64,65)/p+1/b22-21-,44-42+,52-50+. The van der Waals surface area contributed by atoms with E-state index in [0.717, 1.165) is 38.5 Å².